The van der Waals surface area contributed by atoms with Crippen molar-refractivity contribution in [3.63, 3.8) is 0 Å². The highest BCUT2D eigenvalue weighted by Gasteiger charge is 2.20. The lowest BCUT2D eigenvalue weighted by atomic mass is 9.92. The fourth-order valence-electron chi connectivity index (χ4n) is 4.50. The lowest BCUT2D eigenvalue weighted by molar-refractivity contribution is 0.669. The zero-order valence-electron chi connectivity index (χ0n) is 18.3. The highest BCUT2D eigenvalue weighted by Crippen LogP contribution is 2.35. The molecule has 5 heteroatoms. The zero-order valence-corrected chi connectivity index (χ0v) is 19.8. The summed E-state index contributed by atoms with van der Waals surface area (Å²) in [6.07, 6.45) is 15.8. The SMILES string of the molecule is C[C@H]1CC=CC=C1c1nc(C2=CC=CCC2)nc(-c2ccc3oc4ccc(Br)cc4c3c2)n1. The Labute approximate surface area is 200 Å². The van der Waals surface area contributed by atoms with E-state index in [0.717, 1.165) is 74.0 Å². The summed E-state index contributed by atoms with van der Waals surface area (Å²) in [7, 11) is 0. The molecule has 162 valence electrons. The van der Waals surface area contributed by atoms with Crippen LogP contribution >= 0.6 is 15.9 Å². The molecule has 0 saturated heterocycles. The third-order valence-corrected chi connectivity index (χ3v) is 6.81. The van der Waals surface area contributed by atoms with E-state index < -0.39 is 0 Å². The third kappa shape index (κ3) is 3.76. The number of allylic oxidation sites excluding steroid dienone is 8. The monoisotopic (exact) mass is 495 g/mol. The van der Waals surface area contributed by atoms with Crippen LogP contribution < -0.4 is 0 Å². The van der Waals surface area contributed by atoms with Gasteiger partial charge in [-0.3, -0.25) is 0 Å². The standard InChI is InChI=1S/C28H22BrN3O/c1-17-7-5-6-10-21(17)28-31-26(18-8-3-2-4-9-18)30-27(32-28)19-11-13-24-22(15-19)23-16-20(29)12-14-25(23)33-24/h2-3,5-6,8,10-17H,4,7,9H2,1H3/t17-/m0/s1. The molecule has 2 heterocycles. The minimum absolute atomic E-state index is 0.371. The maximum Gasteiger partial charge on any atom is 0.164 e. The summed E-state index contributed by atoms with van der Waals surface area (Å²) >= 11 is 3.58. The molecule has 2 aromatic heterocycles. The topological polar surface area (TPSA) is 51.8 Å². The van der Waals surface area contributed by atoms with Gasteiger partial charge in [-0.25, -0.2) is 15.0 Å². The van der Waals surface area contributed by atoms with Crippen LogP contribution in [-0.4, -0.2) is 15.0 Å². The van der Waals surface area contributed by atoms with Crippen LogP contribution in [0.25, 0.3) is 44.5 Å². The van der Waals surface area contributed by atoms with E-state index in [9.17, 15) is 0 Å². The fraction of sp³-hybridized carbons (Fsp3) is 0.179. The van der Waals surface area contributed by atoms with Gasteiger partial charge in [0.25, 0.3) is 0 Å². The average molecular weight is 496 g/mol. The van der Waals surface area contributed by atoms with Crippen LogP contribution in [0.1, 0.15) is 37.8 Å². The molecule has 33 heavy (non-hydrogen) atoms. The Morgan fingerprint density at radius 3 is 2.42 bits per heavy atom. The number of aromatic nitrogens is 3. The summed E-state index contributed by atoms with van der Waals surface area (Å²) < 4.78 is 7.07. The molecule has 6 rings (SSSR count). The number of hydrogen-bond acceptors (Lipinski definition) is 4. The molecule has 4 aromatic rings. The number of rotatable bonds is 3. The predicted molar refractivity (Wildman–Crippen MR) is 137 cm³/mol. The van der Waals surface area contributed by atoms with Crippen molar-refractivity contribution in [3.05, 3.63) is 89.0 Å². The quantitative estimate of drug-likeness (QED) is 0.289. The van der Waals surface area contributed by atoms with Gasteiger partial charge in [0.05, 0.1) is 0 Å². The number of furan rings is 1. The molecule has 2 aliphatic rings. The van der Waals surface area contributed by atoms with Crippen molar-refractivity contribution in [2.75, 3.05) is 0 Å². The number of halogens is 1. The summed E-state index contributed by atoms with van der Waals surface area (Å²) in [4.78, 5) is 14.8. The average Bonchev–Trinajstić information content (AvgIpc) is 3.21. The highest BCUT2D eigenvalue weighted by molar-refractivity contribution is 9.10. The van der Waals surface area contributed by atoms with Crippen molar-refractivity contribution in [2.24, 2.45) is 5.92 Å². The molecule has 1 atom stereocenters. The van der Waals surface area contributed by atoms with Gasteiger partial charge < -0.3 is 4.42 Å². The van der Waals surface area contributed by atoms with Gasteiger partial charge in [0.15, 0.2) is 17.5 Å². The van der Waals surface area contributed by atoms with Crippen LogP contribution in [0.4, 0.5) is 0 Å². The van der Waals surface area contributed by atoms with Gasteiger partial charge in [0.1, 0.15) is 11.2 Å². The van der Waals surface area contributed by atoms with Crippen LogP contribution in [0.2, 0.25) is 0 Å². The molecule has 0 spiro atoms. The van der Waals surface area contributed by atoms with Gasteiger partial charge in [0.2, 0.25) is 0 Å². The number of benzene rings is 2. The van der Waals surface area contributed by atoms with Crippen LogP contribution in [-0.2, 0) is 0 Å². The van der Waals surface area contributed by atoms with Gasteiger partial charge >= 0.3 is 0 Å². The van der Waals surface area contributed by atoms with Gasteiger partial charge in [-0.05, 0) is 67.2 Å². The van der Waals surface area contributed by atoms with Crippen molar-refractivity contribution in [2.45, 2.75) is 26.2 Å². The van der Waals surface area contributed by atoms with Gasteiger partial charge in [-0.1, -0.05) is 59.3 Å². The van der Waals surface area contributed by atoms with Crippen LogP contribution in [0.3, 0.4) is 0 Å². The molecule has 0 amide bonds. The van der Waals surface area contributed by atoms with Gasteiger partial charge in [-0.15, -0.1) is 0 Å². The predicted octanol–water partition coefficient (Wildman–Crippen LogP) is 7.91. The molecular formula is C28H22BrN3O. The molecule has 0 bridgehead atoms. The summed E-state index contributed by atoms with van der Waals surface area (Å²) in [5, 5.41) is 2.13. The second-order valence-corrected chi connectivity index (χ2v) is 9.52. The Bertz CT molecular complexity index is 1520. The van der Waals surface area contributed by atoms with E-state index in [1.807, 2.05) is 24.3 Å². The van der Waals surface area contributed by atoms with Gasteiger partial charge in [0, 0.05) is 26.4 Å². The Morgan fingerprint density at radius 1 is 0.848 bits per heavy atom. The Morgan fingerprint density at radius 2 is 1.61 bits per heavy atom. The first kappa shape index (κ1) is 20.3. The first-order chi connectivity index (χ1) is 16.2. The second kappa shape index (κ2) is 8.23. The molecular weight excluding hydrogens is 474 g/mol. The lowest BCUT2D eigenvalue weighted by Gasteiger charge is -2.18. The highest BCUT2D eigenvalue weighted by atomic mass is 79.9. The molecule has 0 unspecified atom stereocenters. The number of nitrogens with zero attached hydrogens (tertiary/aromatic N) is 3. The second-order valence-electron chi connectivity index (χ2n) is 8.61. The fourth-order valence-corrected chi connectivity index (χ4v) is 4.86. The van der Waals surface area contributed by atoms with Crippen molar-refractivity contribution in [1.82, 2.24) is 15.0 Å². The van der Waals surface area contributed by atoms with Crippen molar-refractivity contribution in [3.8, 4) is 11.4 Å². The normalized spacial score (nSPS) is 18.1. The Hall–Kier alpha value is -3.31. The molecule has 2 aliphatic carbocycles. The van der Waals surface area contributed by atoms with E-state index >= 15 is 0 Å². The smallest absolute Gasteiger partial charge is 0.164 e. The maximum atomic E-state index is 6.04. The number of hydrogen-bond donors (Lipinski definition) is 0. The van der Waals surface area contributed by atoms with Crippen LogP contribution in [0, 0.1) is 5.92 Å². The van der Waals surface area contributed by atoms with E-state index in [-0.39, 0.29) is 0 Å². The molecule has 0 fully saturated rings. The lowest BCUT2D eigenvalue weighted by Crippen LogP contribution is -2.10. The minimum atomic E-state index is 0.371. The maximum absolute atomic E-state index is 6.04. The molecule has 2 aromatic carbocycles. The molecule has 0 radical (unpaired) electrons. The Balaban J connectivity index is 1.55. The summed E-state index contributed by atoms with van der Waals surface area (Å²) in [5.41, 5.74) is 5.00. The molecule has 4 nitrogen and oxygen atoms in total. The molecule has 0 saturated carbocycles. The summed E-state index contributed by atoms with van der Waals surface area (Å²) in [6, 6.07) is 12.3. The van der Waals surface area contributed by atoms with Crippen LogP contribution in [0.15, 0.2) is 81.7 Å². The van der Waals surface area contributed by atoms with E-state index in [1.54, 1.807) is 0 Å². The Kier molecular flexibility index (Phi) is 5.07. The van der Waals surface area contributed by atoms with Crippen molar-refractivity contribution in [1.29, 1.82) is 0 Å². The largest absolute Gasteiger partial charge is 0.456 e. The first-order valence-electron chi connectivity index (χ1n) is 11.3. The van der Waals surface area contributed by atoms with E-state index in [2.05, 4.69) is 71.4 Å². The molecule has 0 aliphatic heterocycles. The summed E-state index contributed by atoms with van der Waals surface area (Å²) in [6.45, 7) is 2.22. The van der Waals surface area contributed by atoms with E-state index in [0.29, 0.717) is 11.7 Å². The minimum Gasteiger partial charge on any atom is -0.456 e. The first-order valence-corrected chi connectivity index (χ1v) is 12.1. The van der Waals surface area contributed by atoms with E-state index in [4.69, 9.17) is 19.4 Å². The van der Waals surface area contributed by atoms with Crippen molar-refractivity contribution >= 4 is 49.0 Å². The molecule has 0 N–H and O–H groups in total. The van der Waals surface area contributed by atoms with Gasteiger partial charge in [-0.2, -0.15) is 0 Å². The number of fused-ring (bicyclic) bond motifs is 3. The zero-order chi connectivity index (χ0) is 22.4. The summed E-state index contributed by atoms with van der Waals surface area (Å²) in [5.74, 6) is 2.60. The third-order valence-electron chi connectivity index (χ3n) is 6.32. The van der Waals surface area contributed by atoms with E-state index in [1.165, 1.54) is 0 Å². The van der Waals surface area contributed by atoms with Crippen molar-refractivity contribution < 1.29 is 4.42 Å². The van der Waals surface area contributed by atoms with Crippen LogP contribution in [0.5, 0.6) is 0 Å².